The molecule has 0 amide bonds. The number of aryl methyl sites for hydroxylation is 1. The number of benzene rings is 1. The van der Waals surface area contributed by atoms with E-state index in [1.165, 1.54) is 0 Å². The molecular formula is C13H14ClN3OS. The molecule has 0 radical (unpaired) electrons. The highest BCUT2D eigenvalue weighted by Gasteiger charge is 2.11. The fourth-order valence-electron chi connectivity index (χ4n) is 1.78. The summed E-state index contributed by atoms with van der Waals surface area (Å²) in [4.78, 5) is 0.237. The summed E-state index contributed by atoms with van der Waals surface area (Å²) in [5.74, 6) is 0.613. The van der Waals surface area contributed by atoms with Crippen LogP contribution in [0.3, 0.4) is 0 Å². The van der Waals surface area contributed by atoms with E-state index in [0.29, 0.717) is 22.9 Å². The number of rotatable bonds is 5. The first kappa shape index (κ1) is 13.8. The fraction of sp³-hybridized carbons (Fsp3) is 0.231. The molecule has 0 aliphatic carbocycles. The smallest absolute Gasteiger partial charge is 0.130 e. The molecule has 2 N–H and O–H groups in total. The molecule has 1 aromatic carbocycles. The second kappa shape index (κ2) is 6.04. The lowest BCUT2D eigenvalue weighted by Gasteiger charge is -2.12. The molecule has 2 aromatic rings. The Balaban J connectivity index is 2.06. The van der Waals surface area contributed by atoms with Crippen LogP contribution in [0.25, 0.3) is 0 Å². The molecule has 1 heterocycles. The molecule has 0 atom stereocenters. The van der Waals surface area contributed by atoms with E-state index < -0.39 is 0 Å². The van der Waals surface area contributed by atoms with Crippen molar-refractivity contribution in [1.29, 1.82) is 0 Å². The second-order valence-corrected chi connectivity index (χ2v) is 4.87. The lowest BCUT2D eigenvalue weighted by Crippen LogP contribution is -2.14. The van der Waals surface area contributed by atoms with E-state index in [0.717, 1.165) is 12.1 Å². The monoisotopic (exact) mass is 295 g/mol. The van der Waals surface area contributed by atoms with Gasteiger partial charge in [0.2, 0.25) is 0 Å². The van der Waals surface area contributed by atoms with Gasteiger partial charge in [0, 0.05) is 25.4 Å². The predicted octanol–water partition coefficient (Wildman–Crippen LogP) is 2.33. The lowest BCUT2D eigenvalue weighted by atomic mass is 10.2. The first-order valence-corrected chi connectivity index (χ1v) is 6.56. The highest BCUT2D eigenvalue weighted by Crippen LogP contribution is 2.26. The summed E-state index contributed by atoms with van der Waals surface area (Å²) in [6, 6.07) is 7.31. The molecule has 4 nitrogen and oxygen atoms in total. The van der Waals surface area contributed by atoms with Gasteiger partial charge in [-0.1, -0.05) is 29.9 Å². The molecule has 0 spiro atoms. The van der Waals surface area contributed by atoms with Crippen LogP contribution in [-0.4, -0.2) is 21.4 Å². The van der Waals surface area contributed by atoms with Crippen molar-refractivity contribution in [3.63, 3.8) is 0 Å². The molecule has 100 valence electrons. The maximum Gasteiger partial charge on any atom is 0.130 e. The number of thiocarbonyl (C=S) groups is 1. The van der Waals surface area contributed by atoms with Gasteiger partial charge in [-0.05, 0) is 18.2 Å². The Hall–Kier alpha value is -1.59. The van der Waals surface area contributed by atoms with Crippen LogP contribution < -0.4 is 10.5 Å². The summed E-state index contributed by atoms with van der Waals surface area (Å²) < 4.78 is 7.53. The molecule has 0 saturated carbocycles. The molecular weight excluding hydrogens is 282 g/mol. The summed E-state index contributed by atoms with van der Waals surface area (Å²) >= 11 is 11.1. The average Bonchev–Trinajstić information content (AvgIpc) is 2.75. The Morgan fingerprint density at radius 3 is 2.89 bits per heavy atom. The number of hydrogen-bond acceptors (Lipinski definition) is 3. The van der Waals surface area contributed by atoms with Crippen molar-refractivity contribution >= 4 is 28.8 Å². The first-order valence-electron chi connectivity index (χ1n) is 5.77. The van der Waals surface area contributed by atoms with Crippen molar-refractivity contribution in [1.82, 2.24) is 9.78 Å². The number of halogens is 1. The van der Waals surface area contributed by atoms with Crippen LogP contribution in [0.15, 0.2) is 30.5 Å². The standard InChI is InChI=1S/C13H14ClN3OS/c1-17-9(5-7-16-17)6-8-18-11-4-2-3-10(14)12(11)13(15)19/h2-5,7H,6,8H2,1H3,(H2,15,19). The summed E-state index contributed by atoms with van der Waals surface area (Å²) in [5, 5.41) is 4.61. The van der Waals surface area contributed by atoms with E-state index in [1.54, 1.807) is 12.3 Å². The van der Waals surface area contributed by atoms with Crippen molar-refractivity contribution in [3.8, 4) is 5.75 Å². The lowest BCUT2D eigenvalue weighted by molar-refractivity contribution is 0.318. The molecule has 0 saturated heterocycles. The molecule has 1 aromatic heterocycles. The quantitative estimate of drug-likeness (QED) is 0.860. The van der Waals surface area contributed by atoms with Crippen LogP contribution in [0, 0.1) is 0 Å². The van der Waals surface area contributed by atoms with Gasteiger partial charge in [0.25, 0.3) is 0 Å². The van der Waals surface area contributed by atoms with Crippen molar-refractivity contribution in [3.05, 3.63) is 46.7 Å². The van der Waals surface area contributed by atoms with Crippen LogP contribution in [0.4, 0.5) is 0 Å². The van der Waals surface area contributed by atoms with Crippen molar-refractivity contribution in [2.75, 3.05) is 6.61 Å². The first-order chi connectivity index (χ1) is 9.09. The van der Waals surface area contributed by atoms with Gasteiger partial charge >= 0.3 is 0 Å². The highest BCUT2D eigenvalue weighted by molar-refractivity contribution is 7.80. The Morgan fingerprint density at radius 1 is 1.47 bits per heavy atom. The Bertz CT molecular complexity index is 597. The summed E-state index contributed by atoms with van der Waals surface area (Å²) in [6.07, 6.45) is 2.51. The zero-order valence-corrected chi connectivity index (χ0v) is 12.0. The molecule has 0 unspecified atom stereocenters. The minimum absolute atomic E-state index is 0.237. The van der Waals surface area contributed by atoms with E-state index in [2.05, 4.69) is 5.10 Å². The fourth-order valence-corrected chi connectivity index (χ4v) is 2.31. The molecule has 6 heteroatoms. The third-order valence-corrected chi connectivity index (χ3v) is 3.28. The SMILES string of the molecule is Cn1nccc1CCOc1cccc(Cl)c1C(N)=S. The topological polar surface area (TPSA) is 53.1 Å². The van der Waals surface area contributed by atoms with Crippen LogP contribution >= 0.6 is 23.8 Å². The van der Waals surface area contributed by atoms with Gasteiger partial charge in [-0.3, -0.25) is 4.68 Å². The van der Waals surface area contributed by atoms with Crippen molar-refractivity contribution in [2.24, 2.45) is 12.8 Å². The van der Waals surface area contributed by atoms with E-state index in [9.17, 15) is 0 Å². The van der Waals surface area contributed by atoms with Gasteiger partial charge < -0.3 is 10.5 Å². The van der Waals surface area contributed by atoms with E-state index in [-0.39, 0.29) is 4.99 Å². The summed E-state index contributed by atoms with van der Waals surface area (Å²) in [6.45, 7) is 0.509. The third-order valence-electron chi connectivity index (χ3n) is 2.76. The third kappa shape index (κ3) is 3.24. The normalized spacial score (nSPS) is 10.4. The van der Waals surface area contributed by atoms with Gasteiger partial charge in [0.05, 0.1) is 17.2 Å². The summed E-state index contributed by atoms with van der Waals surface area (Å²) in [5.41, 5.74) is 7.34. The van der Waals surface area contributed by atoms with Gasteiger partial charge in [-0.25, -0.2) is 0 Å². The van der Waals surface area contributed by atoms with Gasteiger partial charge in [0.1, 0.15) is 10.7 Å². The number of nitrogens with two attached hydrogens (primary N) is 1. The number of aromatic nitrogens is 2. The maximum absolute atomic E-state index is 6.07. The Labute approximate surface area is 122 Å². The average molecular weight is 296 g/mol. The molecule has 19 heavy (non-hydrogen) atoms. The second-order valence-electron chi connectivity index (χ2n) is 4.02. The largest absolute Gasteiger partial charge is 0.492 e. The minimum Gasteiger partial charge on any atom is -0.492 e. The number of ether oxygens (including phenoxy) is 1. The van der Waals surface area contributed by atoms with E-state index in [1.807, 2.05) is 29.9 Å². The molecule has 0 aliphatic rings. The van der Waals surface area contributed by atoms with Gasteiger partial charge in [-0.15, -0.1) is 0 Å². The van der Waals surface area contributed by atoms with Crippen LogP contribution in [-0.2, 0) is 13.5 Å². The van der Waals surface area contributed by atoms with Crippen LogP contribution in [0.5, 0.6) is 5.75 Å². The molecule has 0 fully saturated rings. The zero-order valence-electron chi connectivity index (χ0n) is 10.5. The van der Waals surface area contributed by atoms with Gasteiger partial charge in [0.15, 0.2) is 0 Å². The Kier molecular flexibility index (Phi) is 4.39. The minimum atomic E-state index is 0.237. The maximum atomic E-state index is 6.07. The van der Waals surface area contributed by atoms with Crippen molar-refractivity contribution in [2.45, 2.75) is 6.42 Å². The molecule has 0 bridgehead atoms. The van der Waals surface area contributed by atoms with Crippen molar-refractivity contribution < 1.29 is 4.74 Å². The predicted molar refractivity (Wildman–Crippen MR) is 79.7 cm³/mol. The van der Waals surface area contributed by atoms with Crippen LogP contribution in [0.2, 0.25) is 5.02 Å². The zero-order chi connectivity index (χ0) is 13.8. The van der Waals surface area contributed by atoms with E-state index >= 15 is 0 Å². The number of nitrogens with zero attached hydrogens (tertiary/aromatic N) is 2. The van der Waals surface area contributed by atoms with Crippen LogP contribution in [0.1, 0.15) is 11.3 Å². The molecule has 0 aliphatic heterocycles. The van der Waals surface area contributed by atoms with E-state index in [4.69, 9.17) is 34.3 Å². The Morgan fingerprint density at radius 2 is 2.26 bits per heavy atom. The number of hydrogen-bond donors (Lipinski definition) is 1. The molecule has 2 rings (SSSR count). The summed E-state index contributed by atoms with van der Waals surface area (Å²) in [7, 11) is 1.90. The van der Waals surface area contributed by atoms with Gasteiger partial charge in [-0.2, -0.15) is 5.10 Å². The highest BCUT2D eigenvalue weighted by atomic mass is 35.5.